The molecule has 0 aliphatic carbocycles. The maximum absolute atomic E-state index is 9.04. The quantitative estimate of drug-likeness (QED) is 0.836. The number of nitriles is 1. The first-order chi connectivity index (χ1) is 10.2. The number of anilines is 1. The molecule has 0 saturated heterocycles. The zero-order valence-corrected chi connectivity index (χ0v) is 13.0. The number of nitrogens with zero attached hydrogens (tertiary/aromatic N) is 1. The Kier molecular flexibility index (Phi) is 5.00. The number of hydrogen-bond donors (Lipinski definition) is 1. The topological polar surface area (TPSA) is 35.8 Å². The van der Waals surface area contributed by atoms with Crippen LogP contribution in [0.25, 0.3) is 0 Å². The van der Waals surface area contributed by atoms with E-state index in [1.165, 1.54) is 11.1 Å². The summed E-state index contributed by atoms with van der Waals surface area (Å²) in [6, 6.07) is 17.0. The van der Waals surface area contributed by atoms with E-state index in [1.54, 1.807) is 0 Å². The molecule has 2 heteroatoms. The van der Waals surface area contributed by atoms with Crippen LogP contribution in [0.1, 0.15) is 48.6 Å². The second-order valence-electron chi connectivity index (χ2n) is 5.34. The van der Waals surface area contributed by atoms with Crippen molar-refractivity contribution in [1.82, 2.24) is 0 Å². The van der Waals surface area contributed by atoms with Crippen LogP contribution in [0.2, 0.25) is 0 Å². The third kappa shape index (κ3) is 3.64. The molecule has 0 bridgehead atoms. The highest BCUT2D eigenvalue weighted by Crippen LogP contribution is 2.26. The Morgan fingerprint density at radius 2 is 1.81 bits per heavy atom. The summed E-state index contributed by atoms with van der Waals surface area (Å²) in [6.07, 6.45) is 2.06. The summed E-state index contributed by atoms with van der Waals surface area (Å²) in [4.78, 5) is 0. The normalized spacial score (nSPS) is 11.7. The van der Waals surface area contributed by atoms with Gasteiger partial charge in [0.05, 0.1) is 17.7 Å². The third-order valence-electron chi connectivity index (χ3n) is 3.89. The Labute approximate surface area is 127 Å². The standard InChI is InChI=1S/C19H22N2/c1-4-15-8-10-17(11-9-15)18(5-2)21-19-12-16(13-20)7-6-14(19)3/h6-12,18,21H,4-5H2,1-3H3. The SMILES string of the molecule is CCc1ccc(C(CC)Nc2cc(C#N)ccc2C)cc1. The molecule has 108 valence electrons. The summed E-state index contributed by atoms with van der Waals surface area (Å²) in [7, 11) is 0. The number of rotatable bonds is 5. The Morgan fingerprint density at radius 3 is 2.38 bits per heavy atom. The molecular weight excluding hydrogens is 256 g/mol. The summed E-state index contributed by atoms with van der Waals surface area (Å²) in [5.74, 6) is 0. The van der Waals surface area contributed by atoms with E-state index < -0.39 is 0 Å². The number of benzene rings is 2. The maximum atomic E-state index is 9.04. The minimum atomic E-state index is 0.267. The van der Waals surface area contributed by atoms with Gasteiger partial charge in [0.2, 0.25) is 0 Å². The Balaban J connectivity index is 2.24. The summed E-state index contributed by atoms with van der Waals surface area (Å²) in [6.45, 7) is 6.41. The molecule has 0 heterocycles. The highest BCUT2D eigenvalue weighted by atomic mass is 14.9. The van der Waals surface area contributed by atoms with Gasteiger partial charge in [-0.15, -0.1) is 0 Å². The van der Waals surface area contributed by atoms with Gasteiger partial charge >= 0.3 is 0 Å². The lowest BCUT2D eigenvalue weighted by atomic mass is 10.0. The van der Waals surface area contributed by atoms with E-state index in [2.05, 4.69) is 56.4 Å². The molecular formula is C19H22N2. The second kappa shape index (κ2) is 6.95. The molecule has 21 heavy (non-hydrogen) atoms. The molecule has 2 nitrogen and oxygen atoms in total. The lowest BCUT2D eigenvalue weighted by Crippen LogP contribution is -2.10. The molecule has 0 aliphatic heterocycles. The summed E-state index contributed by atoms with van der Waals surface area (Å²) in [5, 5.41) is 12.6. The van der Waals surface area contributed by atoms with Gasteiger partial charge in [0.25, 0.3) is 0 Å². The van der Waals surface area contributed by atoms with Crippen molar-refractivity contribution in [2.45, 2.75) is 39.7 Å². The van der Waals surface area contributed by atoms with Crippen LogP contribution in [0.4, 0.5) is 5.69 Å². The van der Waals surface area contributed by atoms with Gasteiger partial charge in [-0.1, -0.05) is 44.2 Å². The summed E-state index contributed by atoms with van der Waals surface area (Å²) in [5.41, 5.74) is 5.55. The lowest BCUT2D eigenvalue weighted by Gasteiger charge is -2.20. The first-order valence-electron chi connectivity index (χ1n) is 7.54. The smallest absolute Gasteiger partial charge is 0.0992 e. The largest absolute Gasteiger partial charge is 0.378 e. The van der Waals surface area contributed by atoms with Crippen molar-refractivity contribution in [2.75, 3.05) is 5.32 Å². The third-order valence-corrected chi connectivity index (χ3v) is 3.89. The molecule has 0 amide bonds. The van der Waals surface area contributed by atoms with Crippen molar-refractivity contribution in [3.8, 4) is 6.07 Å². The molecule has 2 rings (SSSR count). The van der Waals surface area contributed by atoms with Gasteiger partial charge in [-0.05, 0) is 48.6 Å². The first kappa shape index (κ1) is 15.1. The van der Waals surface area contributed by atoms with E-state index in [1.807, 2.05) is 18.2 Å². The Bertz CT molecular complexity index is 636. The monoisotopic (exact) mass is 278 g/mol. The van der Waals surface area contributed by atoms with Crippen LogP contribution < -0.4 is 5.32 Å². The van der Waals surface area contributed by atoms with E-state index in [9.17, 15) is 0 Å². The van der Waals surface area contributed by atoms with Crippen LogP contribution in [0.5, 0.6) is 0 Å². The molecule has 0 spiro atoms. The zero-order chi connectivity index (χ0) is 15.2. The predicted molar refractivity (Wildman–Crippen MR) is 88.4 cm³/mol. The molecule has 1 unspecified atom stereocenters. The van der Waals surface area contributed by atoms with Gasteiger partial charge in [0.15, 0.2) is 0 Å². The van der Waals surface area contributed by atoms with Gasteiger partial charge in [-0.2, -0.15) is 5.26 Å². The minimum absolute atomic E-state index is 0.267. The van der Waals surface area contributed by atoms with Crippen LogP contribution in [-0.2, 0) is 6.42 Å². The number of aryl methyl sites for hydroxylation is 2. The fraction of sp³-hybridized carbons (Fsp3) is 0.316. The predicted octanol–water partition coefficient (Wildman–Crippen LogP) is 4.99. The van der Waals surface area contributed by atoms with Crippen molar-refractivity contribution in [3.05, 3.63) is 64.7 Å². The molecule has 0 aliphatic rings. The van der Waals surface area contributed by atoms with Crippen LogP contribution in [0.3, 0.4) is 0 Å². The zero-order valence-electron chi connectivity index (χ0n) is 13.0. The second-order valence-corrected chi connectivity index (χ2v) is 5.34. The van der Waals surface area contributed by atoms with Gasteiger partial charge in [0.1, 0.15) is 0 Å². The van der Waals surface area contributed by atoms with Crippen LogP contribution in [0.15, 0.2) is 42.5 Å². The molecule has 1 N–H and O–H groups in total. The fourth-order valence-electron chi connectivity index (χ4n) is 2.44. The molecule has 2 aromatic rings. The summed E-state index contributed by atoms with van der Waals surface area (Å²) < 4.78 is 0. The van der Waals surface area contributed by atoms with Crippen molar-refractivity contribution in [2.24, 2.45) is 0 Å². The minimum Gasteiger partial charge on any atom is -0.378 e. The molecule has 0 aromatic heterocycles. The van der Waals surface area contributed by atoms with Gasteiger partial charge < -0.3 is 5.32 Å². The molecule has 1 atom stereocenters. The highest BCUT2D eigenvalue weighted by Gasteiger charge is 2.10. The average molecular weight is 278 g/mol. The molecule has 0 fully saturated rings. The average Bonchev–Trinajstić information content (AvgIpc) is 2.54. The van der Waals surface area contributed by atoms with E-state index in [0.29, 0.717) is 5.56 Å². The van der Waals surface area contributed by atoms with Crippen LogP contribution >= 0.6 is 0 Å². The summed E-state index contributed by atoms with van der Waals surface area (Å²) >= 11 is 0. The molecule has 2 aromatic carbocycles. The van der Waals surface area contributed by atoms with E-state index in [-0.39, 0.29) is 6.04 Å². The lowest BCUT2D eigenvalue weighted by molar-refractivity contribution is 0.748. The molecule has 0 saturated carbocycles. The van der Waals surface area contributed by atoms with Crippen LogP contribution in [0, 0.1) is 18.3 Å². The van der Waals surface area contributed by atoms with Crippen molar-refractivity contribution in [1.29, 1.82) is 5.26 Å². The Morgan fingerprint density at radius 1 is 1.10 bits per heavy atom. The van der Waals surface area contributed by atoms with E-state index >= 15 is 0 Å². The first-order valence-corrected chi connectivity index (χ1v) is 7.54. The van der Waals surface area contributed by atoms with Gasteiger partial charge in [-0.25, -0.2) is 0 Å². The Hall–Kier alpha value is -2.27. The number of hydrogen-bond acceptors (Lipinski definition) is 2. The van der Waals surface area contributed by atoms with Crippen molar-refractivity contribution >= 4 is 5.69 Å². The van der Waals surface area contributed by atoms with Gasteiger partial charge in [-0.3, -0.25) is 0 Å². The van der Waals surface area contributed by atoms with Gasteiger partial charge in [0, 0.05) is 5.69 Å². The van der Waals surface area contributed by atoms with Crippen LogP contribution in [-0.4, -0.2) is 0 Å². The van der Waals surface area contributed by atoms with E-state index in [4.69, 9.17) is 5.26 Å². The highest BCUT2D eigenvalue weighted by molar-refractivity contribution is 5.56. The molecule has 0 radical (unpaired) electrons. The van der Waals surface area contributed by atoms with E-state index in [0.717, 1.165) is 24.1 Å². The van der Waals surface area contributed by atoms with Crippen molar-refractivity contribution < 1.29 is 0 Å². The van der Waals surface area contributed by atoms with Crippen molar-refractivity contribution in [3.63, 3.8) is 0 Å². The fourth-order valence-corrected chi connectivity index (χ4v) is 2.44. The number of nitrogens with one attached hydrogen (secondary N) is 1. The maximum Gasteiger partial charge on any atom is 0.0992 e.